The fraction of sp³-hybridized carbons (Fsp3) is 0.444. The molecule has 0 saturated heterocycles. The van der Waals surface area contributed by atoms with Gasteiger partial charge >= 0.3 is 12.1 Å². The van der Waals surface area contributed by atoms with Crippen molar-refractivity contribution in [2.45, 2.75) is 58.6 Å². The minimum atomic E-state index is -1.08. The van der Waals surface area contributed by atoms with Crippen LogP contribution in [0, 0.1) is 5.92 Å². The number of fused-ring (bicyclic) bond motifs is 3. The Kier molecular flexibility index (Phi) is 8.68. The van der Waals surface area contributed by atoms with Gasteiger partial charge in [0.05, 0.1) is 12.5 Å². The topological polar surface area (TPSA) is 93.7 Å². The number of amides is 2. The predicted octanol–water partition coefficient (Wildman–Crippen LogP) is 4.40. The Bertz CT molecular complexity index is 974. The van der Waals surface area contributed by atoms with Gasteiger partial charge < -0.3 is 20.1 Å². The number of hydrogen-bond acceptors (Lipinski definition) is 5. The molecule has 0 fully saturated rings. The molecule has 7 nitrogen and oxygen atoms in total. The number of esters is 1. The summed E-state index contributed by atoms with van der Waals surface area (Å²) in [5, 5.41) is 5.33. The molecule has 0 spiro atoms. The lowest BCUT2D eigenvalue weighted by molar-refractivity contribution is -0.150. The zero-order valence-corrected chi connectivity index (χ0v) is 20.3. The van der Waals surface area contributed by atoms with E-state index in [0.29, 0.717) is 13.0 Å². The van der Waals surface area contributed by atoms with E-state index in [2.05, 4.69) is 22.8 Å². The SMILES string of the molecule is CCC(C)OC(=O)C[C@H](NC(=O)OCC1c2ccccc2-c2ccccc21)C(=O)NCC(C)C. The summed E-state index contributed by atoms with van der Waals surface area (Å²) < 4.78 is 10.8. The maximum atomic E-state index is 12.7. The van der Waals surface area contributed by atoms with Crippen molar-refractivity contribution in [1.82, 2.24) is 10.6 Å². The monoisotopic (exact) mass is 466 g/mol. The van der Waals surface area contributed by atoms with Crippen molar-refractivity contribution in [3.63, 3.8) is 0 Å². The first-order valence-corrected chi connectivity index (χ1v) is 11.9. The summed E-state index contributed by atoms with van der Waals surface area (Å²) in [6, 6.07) is 15.0. The Morgan fingerprint density at radius 1 is 0.941 bits per heavy atom. The Morgan fingerprint density at radius 3 is 2.09 bits per heavy atom. The molecular weight excluding hydrogens is 432 g/mol. The van der Waals surface area contributed by atoms with Gasteiger partial charge in [-0.1, -0.05) is 69.3 Å². The minimum absolute atomic E-state index is 0.0956. The second-order valence-electron chi connectivity index (χ2n) is 9.07. The Labute approximate surface area is 201 Å². The summed E-state index contributed by atoms with van der Waals surface area (Å²) in [5.74, 6) is -0.853. The summed E-state index contributed by atoms with van der Waals surface area (Å²) in [6.45, 7) is 8.17. The van der Waals surface area contributed by atoms with Crippen LogP contribution in [0.3, 0.4) is 0 Å². The summed E-state index contributed by atoms with van der Waals surface area (Å²) in [4.78, 5) is 37.6. The van der Waals surface area contributed by atoms with Crippen LogP contribution in [0.4, 0.5) is 4.79 Å². The van der Waals surface area contributed by atoms with E-state index < -0.39 is 24.0 Å². The summed E-state index contributed by atoms with van der Waals surface area (Å²) in [7, 11) is 0. The summed E-state index contributed by atoms with van der Waals surface area (Å²) in [5.41, 5.74) is 4.45. The van der Waals surface area contributed by atoms with Gasteiger partial charge in [-0.05, 0) is 41.5 Å². The maximum Gasteiger partial charge on any atom is 0.407 e. The van der Waals surface area contributed by atoms with Crippen LogP contribution >= 0.6 is 0 Å². The van der Waals surface area contributed by atoms with Crippen LogP contribution in [0.25, 0.3) is 11.1 Å². The molecule has 34 heavy (non-hydrogen) atoms. The van der Waals surface area contributed by atoms with Gasteiger partial charge in [0.1, 0.15) is 12.6 Å². The Hall–Kier alpha value is -3.35. The van der Waals surface area contributed by atoms with Crippen molar-refractivity contribution >= 4 is 18.0 Å². The van der Waals surface area contributed by atoms with Crippen molar-refractivity contribution in [2.75, 3.05) is 13.2 Å². The molecule has 1 unspecified atom stereocenters. The molecule has 2 atom stereocenters. The highest BCUT2D eigenvalue weighted by molar-refractivity contribution is 5.89. The van der Waals surface area contributed by atoms with Crippen molar-refractivity contribution < 1.29 is 23.9 Å². The molecule has 0 bridgehead atoms. The van der Waals surface area contributed by atoms with Crippen molar-refractivity contribution in [3.8, 4) is 11.1 Å². The van der Waals surface area contributed by atoms with Gasteiger partial charge in [-0.25, -0.2) is 4.79 Å². The Morgan fingerprint density at radius 2 is 1.53 bits per heavy atom. The lowest BCUT2D eigenvalue weighted by atomic mass is 9.98. The van der Waals surface area contributed by atoms with E-state index in [0.717, 1.165) is 22.3 Å². The number of carbonyl (C=O) groups excluding carboxylic acids is 3. The first-order chi connectivity index (χ1) is 16.3. The van der Waals surface area contributed by atoms with Gasteiger partial charge in [-0.3, -0.25) is 9.59 Å². The molecule has 0 aromatic heterocycles. The molecule has 2 aromatic carbocycles. The molecule has 0 saturated carbocycles. The molecule has 182 valence electrons. The number of carbonyl (C=O) groups is 3. The molecule has 3 rings (SSSR count). The van der Waals surface area contributed by atoms with E-state index in [4.69, 9.17) is 9.47 Å². The van der Waals surface area contributed by atoms with E-state index in [1.165, 1.54) is 0 Å². The van der Waals surface area contributed by atoms with Crippen LogP contribution in [-0.4, -0.2) is 43.3 Å². The van der Waals surface area contributed by atoms with Gasteiger partial charge in [0, 0.05) is 12.5 Å². The van der Waals surface area contributed by atoms with Gasteiger partial charge in [-0.15, -0.1) is 0 Å². The molecular formula is C27H34N2O5. The van der Waals surface area contributed by atoms with E-state index >= 15 is 0 Å². The lowest BCUT2D eigenvalue weighted by Gasteiger charge is -2.20. The zero-order valence-electron chi connectivity index (χ0n) is 20.3. The number of nitrogens with one attached hydrogen (secondary N) is 2. The Balaban J connectivity index is 1.65. The van der Waals surface area contributed by atoms with Crippen LogP contribution in [0.1, 0.15) is 57.6 Å². The molecule has 2 N–H and O–H groups in total. The standard InChI is InChI=1S/C27H34N2O5/c1-5-18(4)34-25(30)14-24(26(31)28-15-17(2)3)29-27(32)33-16-23-21-12-8-6-10-19(21)20-11-7-9-13-22(20)23/h6-13,17-18,23-24H,5,14-16H2,1-4H3,(H,28,31)(H,29,32)/t18?,24-/m0/s1. The van der Waals surface area contributed by atoms with Crippen LogP contribution < -0.4 is 10.6 Å². The third kappa shape index (κ3) is 6.37. The number of benzene rings is 2. The minimum Gasteiger partial charge on any atom is -0.463 e. The van der Waals surface area contributed by atoms with Crippen molar-refractivity contribution in [1.29, 1.82) is 0 Å². The molecule has 1 aliphatic carbocycles. The van der Waals surface area contributed by atoms with Gasteiger partial charge in [0.2, 0.25) is 5.91 Å². The second-order valence-corrected chi connectivity index (χ2v) is 9.07. The van der Waals surface area contributed by atoms with Gasteiger partial charge in [0.15, 0.2) is 0 Å². The molecule has 7 heteroatoms. The zero-order chi connectivity index (χ0) is 24.7. The van der Waals surface area contributed by atoms with Crippen LogP contribution in [-0.2, 0) is 19.1 Å². The third-order valence-corrected chi connectivity index (χ3v) is 5.92. The smallest absolute Gasteiger partial charge is 0.407 e. The van der Waals surface area contributed by atoms with Gasteiger partial charge in [0.25, 0.3) is 0 Å². The number of rotatable bonds is 10. The summed E-state index contributed by atoms with van der Waals surface area (Å²) in [6.07, 6.45) is -0.613. The first-order valence-electron chi connectivity index (χ1n) is 11.9. The molecule has 0 aliphatic heterocycles. The normalized spacial score (nSPS) is 14.0. The second kappa shape index (κ2) is 11.7. The van der Waals surface area contributed by atoms with Crippen LogP contribution in [0.5, 0.6) is 0 Å². The molecule has 2 amide bonds. The van der Waals surface area contributed by atoms with Crippen LogP contribution in [0.15, 0.2) is 48.5 Å². The highest BCUT2D eigenvalue weighted by Crippen LogP contribution is 2.44. The maximum absolute atomic E-state index is 12.7. The van der Waals surface area contributed by atoms with E-state index in [1.807, 2.05) is 57.2 Å². The van der Waals surface area contributed by atoms with Gasteiger partial charge in [-0.2, -0.15) is 0 Å². The van der Waals surface area contributed by atoms with Crippen molar-refractivity contribution in [2.24, 2.45) is 5.92 Å². The fourth-order valence-electron chi connectivity index (χ4n) is 3.94. The molecule has 0 radical (unpaired) electrons. The van der Waals surface area contributed by atoms with E-state index in [-0.39, 0.29) is 31.0 Å². The number of hydrogen-bond donors (Lipinski definition) is 2. The number of alkyl carbamates (subject to hydrolysis) is 1. The first kappa shape index (κ1) is 25.3. The van der Waals surface area contributed by atoms with E-state index in [1.54, 1.807) is 6.92 Å². The highest BCUT2D eigenvalue weighted by atomic mass is 16.6. The molecule has 0 heterocycles. The fourth-order valence-corrected chi connectivity index (χ4v) is 3.94. The summed E-state index contributed by atoms with van der Waals surface area (Å²) >= 11 is 0. The number of ether oxygens (including phenoxy) is 2. The average molecular weight is 467 g/mol. The molecule has 1 aliphatic rings. The van der Waals surface area contributed by atoms with E-state index in [9.17, 15) is 14.4 Å². The predicted molar refractivity (Wildman–Crippen MR) is 130 cm³/mol. The molecule has 2 aromatic rings. The lowest BCUT2D eigenvalue weighted by Crippen LogP contribution is -2.49. The van der Waals surface area contributed by atoms with Crippen LogP contribution in [0.2, 0.25) is 0 Å². The highest BCUT2D eigenvalue weighted by Gasteiger charge is 2.30. The van der Waals surface area contributed by atoms with Crippen molar-refractivity contribution in [3.05, 3.63) is 59.7 Å². The average Bonchev–Trinajstić information content (AvgIpc) is 3.14. The quantitative estimate of drug-likeness (QED) is 0.506. The third-order valence-electron chi connectivity index (χ3n) is 5.92. The largest absolute Gasteiger partial charge is 0.463 e.